The average molecular weight is 243 g/mol. The number of thiazole rings is 1. The molecule has 16 heavy (non-hydrogen) atoms. The van der Waals surface area contributed by atoms with E-state index in [0.717, 1.165) is 30.3 Å². The summed E-state index contributed by atoms with van der Waals surface area (Å²) < 4.78 is 0. The van der Waals surface area contributed by atoms with Crippen molar-refractivity contribution in [2.75, 3.05) is 39.1 Å². The van der Waals surface area contributed by atoms with Crippen molar-refractivity contribution in [1.82, 2.24) is 9.88 Å². The van der Waals surface area contributed by atoms with Crippen LogP contribution in [0.1, 0.15) is 25.1 Å². The van der Waals surface area contributed by atoms with E-state index >= 15 is 0 Å². The van der Waals surface area contributed by atoms with E-state index in [-0.39, 0.29) is 0 Å². The highest BCUT2D eigenvalue weighted by molar-refractivity contribution is 7.13. The molecule has 0 amide bonds. The van der Waals surface area contributed by atoms with Gasteiger partial charge < -0.3 is 14.9 Å². The summed E-state index contributed by atoms with van der Waals surface area (Å²) >= 11 is 1.59. The molecule has 0 spiro atoms. The first-order valence-corrected chi connectivity index (χ1v) is 6.38. The second-order valence-electron chi connectivity index (χ2n) is 4.31. The Kier molecular flexibility index (Phi) is 5.18. The molecule has 0 aromatic carbocycles. The maximum absolute atomic E-state index is 9.39. The molecule has 0 bridgehead atoms. The van der Waals surface area contributed by atoms with Crippen LogP contribution in [0.25, 0.3) is 0 Å². The molecule has 1 aromatic rings. The Bertz CT molecular complexity index is 312. The average Bonchev–Trinajstić information content (AvgIpc) is 2.65. The molecule has 1 aromatic heterocycles. The molecule has 0 fully saturated rings. The molecule has 0 aliphatic rings. The lowest BCUT2D eigenvalue weighted by atomic mass is 10.3. The van der Waals surface area contributed by atoms with Crippen molar-refractivity contribution in [2.45, 2.75) is 19.4 Å². The van der Waals surface area contributed by atoms with Crippen molar-refractivity contribution < 1.29 is 5.11 Å². The highest BCUT2D eigenvalue weighted by Gasteiger charge is 2.09. The number of aromatic nitrogens is 1. The maximum Gasteiger partial charge on any atom is 0.185 e. The summed E-state index contributed by atoms with van der Waals surface area (Å²) in [7, 11) is 6.20. The molecule has 1 N–H and O–H groups in total. The number of aliphatic hydroxyl groups is 1. The van der Waals surface area contributed by atoms with Crippen molar-refractivity contribution in [3.05, 3.63) is 11.1 Å². The molecule has 1 rings (SSSR count). The fraction of sp³-hybridized carbons (Fsp3) is 0.727. The summed E-state index contributed by atoms with van der Waals surface area (Å²) in [5, 5.41) is 12.3. The molecular formula is C11H21N3OS. The minimum atomic E-state index is -0.472. The van der Waals surface area contributed by atoms with Gasteiger partial charge in [0.05, 0.1) is 11.8 Å². The Morgan fingerprint density at radius 2 is 2.06 bits per heavy atom. The van der Waals surface area contributed by atoms with Gasteiger partial charge in [0.2, 0.25) is 0 Å². The van der Waals surface area contributed by atoms with Crippen LogP contribution in [-0.2, 0) is 0 Å². The first-order chi connectivity index (χ1) is 7.50. The predicted octanol–water partition coefficient (Wildman–Crippen LogP) is 1.58. The number of hydrogen-bond acceptors (Lipinski definition) is 5. The van der Waals surface area contributed by atoms with Crippen LogP contribution in [0.5, 0.6) is 0 Å². The quantitative estimate of drug-likeness (QED) is 0.823. The highest BCUT2D eigenvalue weighted by atomic mass is 32.1. The van der Waals surface area contributed by atoms with E-state index in [0.29, 0.717) is 0 Å². The van der Waals surface area contributed by atoms with E-state index in [9.17, 15) is 5.11 Å². The van der Waals surface area contributed by atoms with Gasteiger partial charge in [-0.3, -0.25) is 0 Å². The van der Waals surface area contributed by atoms with Crippen LogP contribution in [0.15, 0.2) is 5.38 Å². The largest absolute Gasteiger partial charge is 0.387 e. The van der Waals surface area contributed by atoms with Gasteiger partial charge in [0.15, 0.2) is 5.13 Å². The molecule has 0 saturated carbocycles. The van der Waals surface area contributed by atoms with Crippen molar-refractivity contribution in [1.29, 1.82) is 0 Å². The number of hydrogen-bond donors (Lipinski definition) is 1. The Labute approximate surface area is 102 Å². The third-order valence-corrected chi connectivity index (χ3v) is 3.34. The van der Waals surface area contributed by atoms with Gasteiger partial charge in [-0.15, -0.1) is 11.3 Å². The zero-order chi connectivity index (χ0) is 12.1. The summed E-state index contributed by atoms with van der Waals surface area (Å²) in [6, 6.07) is 0. The van der Waals surface area contributed by atoms with E-state index in [4.69, 9.17) is 0 Å². The third-order valence-electron chi connectivity index (χ3n) is 2.36. The number of aliphatic hydroxyl groups excluding tert-OH is 1. The topological polar surface area (TPSA) is 39.6 Å². The van der Waals surface area contributed by atoms with E-state index in [1.807, 2.05) is 12.4 Å². The molecule has 0 radical (unpaired) electrons. The van der Waals surface area contributed by atoms with Crippen molar-refractivity contribution in [3.8, 4) is 0 Å². The molecule has 1 unspecified atom stereocenters. The van der Waals surface area contributed by atoms with Crippen LogP contribution in [0.2, 0.25) is 0 Å². The summed E-state index contributed by atoms with van der Waals surface area (Å²) in [5.41, 5.74) is 0.763. The normalized spacial score (nSPS) is 13.1. The molecular weight excluding hydrogens is 222 g/mol. The summed E-state index contributed by atoms with van der Waals surface area (Å²) in [4.78, 5) is 8.70. The van der Waals surface area contributed by atoms with Crippen LogP contribution in [-0.4, -0.2) is 49.2 Å². The van der Waals surface area contributed by atoms with Crippen molar-refractivity contribution >= 4 is 16.5 Å². The van der Waals surface area contributed by atoms with Crippen LogP contribution >= 0.6 is 11.3 Å². The summed E-state index contributed by atoms with van der Waals surface area (Å²) in [6.07, 6.45) is 0.646. The molecule has 0 aliphatic carbocycles. The molecule has 0 aliphatic heterocycles. The van der Waals surface area contributed by atoms with Gasteiger partial charge in [-0.05, 0) is 34.0 Å². The van der Waals surface area contributed by atoms with E-state index in [2.05, 4.69) is 28.9 Å². The minimum absolute atomic E-state index is 0.472. The smallest absolute Gasteiger partial charge is 0.185 e. The fourth-order valence-corrected chi connectivity index (χ4v) is 2.27. The SMILES string of the molecule is CC(O)c1csc(N(C)CCCN(C)C)n1. The van der Waals surface area contributed by atoms with E-state index in [1.54, 1.807) is 18.3 Å². The third kappa shape index (κ3) is 4.08. The van der Waals surface area contributed by atoms with Crippen LogP contribution in [0.4, 0.5) is 5.13 Å². The highest BCUT2D eigenvalue weighted by Crippen LogP contribution is 2.22. The van der Waals surface area contributed by atoms with E-state index < -0.39 is 6.10 Å². The first-order valence-electron chi connectivity index (χ1n) is 5.50. The maximum atomic E-state index is 9.39. The Balaban J connectivity index is 2.43. The van der Waals surface area contributed by atoms with Crippen LogP contribution in [0.3, 0.4) is 0 Å². The van der Waals surface area contributed by atoms with Crippen molar-refractivity contribution in [2.24, 2.45) is 0 Å². The molecule has 1 heterocycles. The van der Waals surface area contributed by atoms with Gasteiger partial charge >= 0.3 is 0 Å². The van der Waals surface area contributed by atoms with Gasteiger partial charge in [0, 0.05) is 19.0 Å². The zero-order valence-corrected chi connectivity index (χ0v) is 11.3. The van der Waals surface area contributed by atoms with Gasteiger partial charge in [-0.1, -0.05) is 0 Å². The van der Waals surface area contributed by atoms with Crippen molar-refractivity contribution in [3.63, 3.8) is 0 Å². The molecule has 92 valence electrons. The standard InChI is InChI=1S/C11H21N3OS/c1-9(15)10-8-16-11(12-10)14(4)7-5-6-13(2)3/h8-9,15H,5-7H2,1-4H3. The predicted molar refractivity (Wildman–Crippen MR) is 69.2 cm³/mol. The minimum Gasteiger partial charge on any atom is -0.387 e. The summed E-state index contributed by atoms with van der Waals surface area (Å²) in [6.45, 7) is 3.81. The van der Waals surface area contributed by atoms with Gasteiger partial charge in [0.1, 0.15) is 0 Å². The first kappa shape index (κ1) is 13.4. The van der Waals surface area contributed by atoms with Gasteiger partial charge in [-0.2, -0.15) is 0 Å². The monoisotopic (exact) mass is 243 g/mol. The Morgan fingerprint density at radius 1 is 1.38 bits per heavy atom. The second-order valence-corrected chi connectivity index (χ2v) is 5.15. The Morgan fingerprint density at radius 3 is 2.56 bits per heavy atom. The van der Waals surface area contributed by atoms with Crippen LogP contribution in [0, 0.1) is 0 Å². The molecule has 1 atom stereocenters. The zero-order valence-electron chi connectivity index (χ0n) is 10.5. The van der Waals surface area contributed by atoms with E-state index in [1.165, 1.54) is 0 Å². The van der Waals surface area contributed by atoms with Crippen LogP contribution < -0.4 is 4.90 Å². The van der Waals surface area contributed by atoms with Gasteiger partial charge in [-0.25, -0.2) is 4.98 Å². The lowest BCUT2D eigenvalue weighted by Gasteiger charge is -2.17. The lowest BCUT2D eigenvalue weighted by Crippen LogP contribution is -2.23. The Hall–Kier alpha value is -0.650. The lowest BCUT2D eigenvalue weighted by molar-refractivity contribution is 0.195. The summed E-state index contributed by atoms with van der Waals surface area (Å²) in [5.74, 6) is 0. The number of anilines is 1. The molecule has 4 nitrogen and oxygen atoms in total. The molecule has 5 heteroatoms. The van der Waals surface area contributed by atoms with Gasteiger partial charge in [0.25, 0.3) is 0 Å². The molecule has 0 saturated heterocycles. The second kappa shape index (κ2) is 6.18. The number of nitrogens with zero attached hydrogens (tertiary/aromatic N) is 3. The fourth-order valence-electron chi connectivity index (χ4n) is 1.36. The number of rotatable bonds is 6.